The van der Waals surface area contributed by atoms with Crippen molar-refractivity contribution in [2.45, 2.75) is 13.0 Å². The van der Waals surface area contributed by atoms with Crippen LogP contribution in [0.25, 0.3) is 11.3 Å². The number of esters is 1. The quantitative estimate of drug-likeness (QED) is 0.663. The van der Waals surface area contributed by atoms with Gasteiger partial charge in [0.1, 0.15) is 11.6 Å². The molecule has 0 spiro atoms. The van der Waals surface area contributed by atoms with Crippen LogP contribution in [-0.2, 0) is 9.53 Å². The lowest BCUT2D eigenvalue weighted by Crippen LogP contribution is -2.30. The lowest BCUT2D eigenvalue weighted by molar-refractivity contribution is -0.123. The largest absolute Gasteiger partial charge is 0.449 e. The van der Waals surface area contributed by atoms with Crippen molar-refractivity contribution in [3.8, 4) is 11.3 Å². The molecule has 8 heteroatoms. The summed E-state index contributed by atoms with van der Waals surface area (Å²) in [5, 5.41) is 4.68. The summed E-state index contributed by atoms with van der Waals surface area (Å²) in [6.07, 6.45) is -1.19. The number of hydrogen-bond acceptors (Lipinski definition) is 5. The van der Waals surface area contributed by atoms with Crippen LogP contribution >= 0.6 is 11.3 Å². The first-order valence-corrected chi connectivity index (χ1v) is 8.80. The fourth-order valence-corrected chi connectivity index (χ4v) is 2.93. The molecule has 1 N–H and O–H groups in total. The Balaban J connectivity index is 1.62. The minimum atomic E-state index is -1.19. The molecule has 0 aliphatic heterocycles. The van der Waals surface area contributed by atoms with Gasteiger partial charge in [0.25, 0.3) is 5.91 Å². The summed E-state index contributed by atoms with van der Waals surface area (Å²) in [6, 6.07) is 11.9. The van der Waals surface area contributed by atoms with Gasteiger partial charge in [0.15, 0.2) is 11.2 Å². The highest BCUT2D eigenvalue weighted by atomic mass is 32.1. The molecule has 0 aliphatic carbocycles. The second-order valence-electron chi connectivity index (χ2n) is 5.56. The molecule has 0 unspecified atom stereocenters. The molecule has 1 heterocycles. The number of nitrogens with one attached hydrogen (secondary N) is 1. The van der Waals surface area contributed by atoms with Crippen LogP contribution in [0.2, 0.25) is 0 Å². The fraction of sp³-hybridized carbons (Fsp3) is 0.105. The number of anilines is 1. The Kier molecular flexibility index (Phi) is 5.56. The topological polar surface area (TPSA) is 68.3 Å². The van der Waals surface area contributed by atoms with Gasteiger partial charge in [-0.15, -0.1) is 11.3 Å². The second-order valence-corrected chi connectivity index (χ2v) is 6.42. The van der Waals surface area contributed by atoms with E-state index in [4.69, 9.17) is 4.74 Å². The predicted octanol–water partition coefficient (Wildman–Crippen LogP) is 4.27. The van der Waals surface area contributed by atoms with E-state index < -0.39 is 35.2 Å². The number of thiazole rings is 1. The van der Waals surface area contributed by atoms with Crippen molar-refractivity contribution in [1.29, 1.82) is 0 Å². The first-order valence-electron chi connectivity index (χ1n) is 7.92. The molecule has 3 aromatic rings. The van der Waals surface area contributed by atoms with E-state index in [9.17, 15) is 18.4 Å². The molecule has 1 amide bonds. The molecule has 2 aromatic carbocycles. The van der Waals surface area contributed by atoms with Crippen molar-refractivity contribution in [3.63, 3.8) is 0 Å². The number of aromatic nitrogens is 1. The Morgan fingerprint density at radius 2 is 1.89 bits per heavy atom. The number of rotatable bonds is 5. The average molecular weight is 388 g/mol. The number of carbonyl (C=O) groups excluding carboxylic acids is 2. The van der Waals surface area contributed by atoms with Gasteiger partial charge in [-0.3, -0.25) is 10.1 Å². The Labute approximate surface area is 157 Å². The number of ether oxygens (including phenoxy) is 1. The monoisotopic (exact) mass is 388 g/mol. The molecule has 27 heavy (non-hydrogen) atoms. The van der Waals surface area contributed by atoms with E-state index in [1.165, 1.54) is 18.3 Å². The zero-order valence-corrected chi connectivity index (χ0v) is 14.9. The minimum Gasteiger partial charge on any atom is -0.449 e. The van der Waals surface area contributed by atoms with E-state index in [1.54, 1.807) is 5.38 Å². The summed E-state index contributed by atoms with van der Waals surface area (Å²) in [4.78, 5) is 28.5. The molecule has 0 aliphatic rings. The number of hydrogen-bond donors (Lipinski definition) is 1. The average Bonchev–Trinajstić information content (AvgIpc) is 3.10. The van der Waals surface area contributed by atoms with E-state index in [2.05, 4.69) is 10.3 Å². The Bertz CT molecular complexity index is 976. The second kappa shape index (κ2) is 8.05. The molecule has 0 radical (unpaired) electrons. The number of halogens is 2. The summed E-state index contributed by atoms with van der Waals surface area (Å²) in [5.74, 6) is -3.54. The van der Waals surface area contributed by atoms with Gasteiger partial charge in [0.2, 0.25) is 0 Å². The molecule has 1 aromatic heterocycles. The first kappa shape index (κ1) is 18.7. The first-order chi connectivity index (χ1) is 12.9. The zero-order chi connectivity index (χ0) is 19.4. The van der Waals surface area contributed by atoms with Crippen LogP contribution in [0, 0.1) is 11.6 Å². The van der Waals surface area contributed by atoms with Gasteiger partial charge in [0, 0.05) is 17.0 Å². The Morgan fingerprint density at radius 3 is 2.59 bits per heavy atom. The summed E-state index contributed by atoms with van der Waals surface area (Å²) in [7, 11) is 0. The van der Waals surface area contributed by atoms with Gasteiger partial charge >= 0.3 is 5.97 Å². The smallest absolute Gasteiger partial charge is 0.341 e. The van der Waals surface area contributed by atoms with Crippen molar-refractivity contribution in [3.05, 3.63) is 71.1 Å². The molecular formula is C19H14F2N2O3S. The zero-order valence-electron chi connectivity index (χ0n) is 14.1. The van der Waals surface area contributed by atoms with Gasteiger partial charge in [0.05, 0.1) is 11.3 Å². The lowest BCUT2D eigenvalue weighted by atomic mass is 10.2. The highest BCUT2D eigenvalue weighted by molar-refractivity contribution is 7.14. The number of benzene rings is 2. The van der Waals surface area contributed by atoms with Gasteiger partial charge in [-0.2, -0.15) is 0 Å². The minimum absolute atomic E-state index is 0.342. The molecule has 1 atom stereocenters. The normalized spacial score (nSPS) is 11.7. The molecule has 3 rings (SSSR count). The third-order valence-electron chi connectivity index (χ3n) is 3.61. The molecule has 0 saturated carbocycles. The van der Waals surface area contributed by atoms with Crippen LogP contribution in [0.1, 0.15) is 17.3 Å². The molecule has 5 nitrogen and oxygen atoms in total. The van der Waals surface area contributed by atoms with Crippen LogP contribution < -0.4 is 5.32 Å². The van der Waals surface area contributed by atoms with Gasteiger partial charge < -0.3 is 4.74 Å². The molecule has 0 bridgehead atoms. The van der Waals surface area contributed by atoms with E-state index >= 15 is 0 Å². The van der Waals surface area contributed by atoms with Crippen LogP contribution in [0.15, 0.2) is 53.9 Å². The molecule has 0 saturated heterocycles. The van der Waals surface area contributed by atoms with Gasteiger partial charge in [-0.05, 0) is 19.1 Å². The maximum atomic E-state index is 13.6. The standard InChI is InChI=1S/C19H14F2N2O3S/c1-11(26-18(25)14-8-7-13(20)9-15(14)21)17(24)23-19-22-16(10-27-19)12-5-3-2-4-6-12/h2-11H,1H3,(H,22,23,24)/t11-/m0/s1. The van der Waals surface area contributed by atoms with Crippen molar-refractivity contribution in [2.75, 3.05) is 5.32 Å². The van der Waals surface area contributed by atoms with Crippen molar-refractivity contribution < 1.29 is 23.1 Å². The predicted molar refractivity (Wildman–Crippen MR) is 97.4 cm³/mol. The van der Waals surface area contributed by atoms with Crippen LogP contribution in [0.5, 0.6) is 0 Å². The molecule has 0 fully saturated rings. The number of amides is 1. The molecule has 138 valence electrons. The van der Waals surface area contributed by atoms with Crippen LogP contribution in [-0.4, -0.2) is 23.0 Å². The van der Waals surface area contributed by atoms with Gasteiger partial charge in [-0.25, -0.2) is 18.6 Å². The fourth-order valence-electron chi connectivity index (χ4n) is 2.21. The van der Waals surface area contributed by atoms with E-state index in [1.807, 2.05) is 30.3 Å². The van der Waals surface area contributed by atoms with Crippen LogP contribution in [0.4, 0.5) is 13.9 Å². The van der Waals surface area contributed by atoms with Crippen LogP contribution in [0.3, 0.4) is 0 Å². The lowest BCUT2D eigenvalue weighted by Gasteiger charge is -2.12. The highest BCUT2D eigenvalue weighted by Crippen LogP contribution is 2.24. The third-order valence-corrected chi connectivity index (χ3v) is 4.37. The third kappa shape index (κ3) is 4.53. The SMILES string of the molecule is C[C@H](OC(=O)c1ccc(F)cc1F)C(=O)Nc1nc(-c2ccccc2)cs1. The maximum absolute atomic E-state index is 13.6. The van der Waals surface area contributed by atoms with Crippen molar-refractivity contribution >= 4 is 28.3 Å². The summed E-state index contributed by atoms with van der Waals surface area (Å²) in [5.41, 5.74) is 1.16. The Hall–Kier alpha value is -3.13. The maximum Gasteiger partial charge on any atom is 0.341 e. The number of nitrogens with zero attached hydrogens (tertiary/aromatic N) is 1. The van der Waals surface area contributed by atoms with E-state index in [-0.39, 0.29) is 0 Å². The van der Waals surface area contributed by atoms with E-state index in [0.717, 1.165) is 17.7 Å². The van der Waals surface area contributed by atoms with Gasteiger partial charge in [-0.1, -0.05) is 30.3 Å². The summed E-state index contributed by atoms with van der Waals surface area (Å²) < 4.78 is 31.5. The van der Waals surface area contributed by atoms with Crippen molar-refractivity contribution in [1.82, 2.24) is 4.98 Å². The van der Waals surface area contributed by atoms with Crippen molar-refractivity contribution in [2.24, 2.45) is 0 Å². The van der Waals surface area contributed by atoms with E-state index in [0.29, 0.717) is 16.9 Å². The number of carbonyl (C=O) groups is 2. The summed E-state index contributed by atoms with van der Waals surface area (Å²) in [6.45, 7) is 1.35. The summed E-state index contributed by atoms with van der Waals surface area (Å²) >= 11 is 1.22. The highest BCUT2D eigenvalue weighted by Gasteiger charge is 2.22. The Morgan fingerprint density at radius 1 is 1.15 bits per heavy atom. The molecular weight excluding hydrogens is 374 g/mol.